The van der Waals surface area contributed by atoms with Crippen LogP contribution >= 0.6 is 34.8 Å². The van der Waals surface area contributed by atoms with Crippen LogP contribution in [-0.2, 0) is 18.1 Å². The zero-order chi connectivity index (χ0) is 26.6. The van der Waals surface area contributed by atoms with Crippen molar-refractivity contribution < 1.29 is 18.0 Å². The minimum absolute atomic E-state index is 0.0908. The molecule has 0 spiro atoms. The van der Waals surface area contributed by atoms with Gasteiger partial charge in [-0.25, -0.2) is 4.79 Å². The first-order valence-electron chi connectivity index (χ1n) is 10.9. The van der Waals surface area contributed by atoms with Gasteiger partial charge in [0.25, 0.3) is 0 Å². The van der Waals surface area contributed by atoms with E-state index in [9.17, 15) is 18.0 Å². The second-order valence-electron chi connectivity index (χ2n) is 8.25. The fourth-order valence-electron chi connectivity index (χ4n) is 3.99. The molecular formula is C27H19Cl3F3N3O. The minimum Gasteiger partial charge on any atom is -0.322 e. The Hall–Kier alpha value is -3.26. The van der Waals surface area contributed by atoms with Gasteiger partial charge in [0.05, 0.1) is 16.3 Å². The molecule has 4 nitrogen and oxygen atoms in total. The zero-order valence-corrected chi connectivity index (χ0v) is 21.3. The molecule has 0 radical (unpaired) electrons. The van der Waals surface area contributed by atoms with E-state index < -0.39 is 23.3 Å². The quantitative estimate of drug-likeness (QED) is 0.247. The first-order chi connectivity index (χ1) is 17.5. The Morgan fingerprint density at radius 2 is 1.46 bits per heavy atom. The van der Waals surface area contributed by atoms with Gasteiger partial charge >= 0.3 is 12.2 Å². The maximum atomic E-state index is 13.7. The molecular weight excluding hydrogens is 546 g/mol. The summed E-state index contributed by atoms with van der Waals surface area (Å²) < 4.78 is 41.1. The molecule has 2 N–H and O–H groups in total. The van der Waals surface area contributed by atoms with Crippen LogP contribution in [0.3, 0.4) is 0 Å². The molecule has 0 bridgehead atoms. The number of pyridine rings is 1. The third kappa shape index (κ3) is 6.55. The van der Waals surface area contributed by atoms with Crippen LogP contribution in [0.25, 0.3) is 0 Å². The van der Waals surface area contributed by atoms with E-state index in [2.05, 4.69) is 15.6 Å². The lowest BCUT2D eigenvalue weighted by Gasteiger charge is -2.36. The average molecular weight is 565 g/mol. The Bertz CT molecular complexity index is 1380. The number of benzene rings is 3. The Kier molecular flexibility index (Phi) is 7.97. The molecule has 1 heterocycles. The van der Waals surface area contributed by atoms with Gasteiger partial charge < -0.3 is 10.6 Å². The number of amides is 2. The summed E-state index contributed by atoms with van der Waals surface area (Å²) in [5.41, 5.74) is -0.848. The Labute approximate surface area is 226 Å². The molecule has 0 aliphatic carbocycles. The van der Waals surface area contributed by atoms with Gasteiger partial charge in [0.15, 0.2) is 0 Å². The number of nitrogens with zero attached hydrogens (tertiary/aromatic N) is 1. The number of nitrogens with one attached hydrogen (secondary N) is 2. The normalized spacial score (nSPS) is 13.0. The van der Waals surface area contributed by atoms with Crippen molar-refractivity contribution in [3.05, 3.63) is 129 Å². The van der Waals surface area contributed by atoms with E-state index in [4.69, 9.17) is 34.8 Å². The summed E-state index contributed by atoms with van der Waals surface area (Å²) in [5, 5.41) is 6.49. The molecule has 190 valence electrons. The maximum absolute atomic E-state index is 13.7. The molecule has 4 rings (SSSR count). The fourth-order valence-corrected chi connectivity index (χ4v) is 4.63. The van der Waals surface area contributed by atoms with Crippen molar-refractivity contribution >= 4 is 46.5 Å². The van der Waals surface area contributed by atoms with Gasteiger partial charge in [-0.3, -0.25) is 4.98 Å². The number of hydrogen-bond donors (Lipinski definition) is 2. The number of carbonyl (C=O) groups is 1. The lowest BCUT2D eigenvalue weighted by Crippen LogP contribution is -2.50. The molecule has 0 saturated heterocycles. The van der Waals surface area contributed by atoms with E-state index in [1.54, 1.807) is 24.3 Å². The predicted molar refractivity (Wildman–Crippen MR) is 140 cm³/mol. The highest BCUT2D eigenvalue weighted by Crippen LogP contribution is 2.37. The van der Waals surface area contributed by atoms with Crippen LogP contribution in [-0.4, -0.2) is 11.0 Å². The van der Waals surface area contributed by atoms with E-state index in [1.165, 1.54) is 36.5 Å². The van der Waals surface area contributed by atoms with Gasteiger partial charge in [-0.05, 0) is 53.6 Å². The van der Waals surface area contributed by atoms with Crippen LogP contribution in [0.5, 0.6) is 0 Å². The van der Waals surface area contributed by atoms with E-state index in [0.717, 1.165) is 17.7 Å². The summed E-state index contributed by atoms with van der Waals surface area (Å²) in [6.45, 7) is 0. The number of anilines is 1. The highest BCUT2D eigenvalue weighted by atomic mass is 35.5. The van der Waals surface area contributed by atoms with Crippen molar-refractivity contribution in [2.24, 2.45) is 0 Å². The van der Waals surface area contributed by atoms with Crippen molar-refractivity contribution in [1.29, 1.82) is 0 Å². The SMILES string of the molecule is O=C(Nc1cc(Cl)cc(Cl)c1)NC(Cc1ccccc1)(c1cccc(C(F)(F)F)c1)c1ccc(Cl)cn1. The molecule has 10 heteroatoms. The molecule has 4 aromatic rings. The van der Waals surface area contributed by atoms with Crippen LogP contribution in [0.4, 0.5) is 23.7 Å². The summed E-state index contributed by atoms with van der Waals surface area (Å²) in [7, 11) is 0. The molecule has 1 unspecified atom stereocenters. The van der Waals surface area contributed by atoms with Gasteiger partial charge in [0.1, 0.15) is 5.54 Å². The van der Waals surface area contributed by atoms with Crippen LogP contribution in [0.15, 0.2) is 91.1 Å². The number of rotatable bonds is 6. The molecule has 0 aliphatic heterocycles. The molecule has 1 atom stereocenters. The highest BCUT2D eigenvalue weighted by molar-refractivity contribution is 6.35. The third-order valence-corrected chi connectivity index (χ3v) is 6.27. The first-order valence-corrected chi connectivity index (χ1v) is 12.1. The van der Waals surface area contributed by atoms with E-state index in [-0.39, 0.29) is 12.0 Å². The van der Waals surface area contributed by atoms with Gasteiger partial charge in [0.2, 0.25) is 0 Å². The van der Waals surface area contributed by atoms with Crippen LogP contribution < -0.4 is 10.6 Å². The second kappa shape index (κ2) is 11.0. The summed E-state index contributed by atoms with van der Waals surface area (Å²) in [6, 6.07) is 20.8. The summed E-state index contributed by atoms with van der Waals surface area (Å²) >= 11 is 18.2. The lowest BCUT2D eigenvalue weighted by atomic mass is 9.80. The predicted octanol–water partition coefficient (Wildman–Crippen LogP) is 8.37. The van der Waals surface area contributed by atoms with E-state index in [0.29, 0.717) is 26.4 Å². The molecule has 37 heavy (non-hydrogen) atoms. The second-order valence-corrected chi connectivity index (χ2v) is 9.55. The van der Waals surface area contributed by atoms with Gasteiger partial charge in [-0.2, -0.15) is 13.2 Å². The topological polar surface area (TPSA) is 54.0 Å². The monoisotopic (exact) mass is 563 g/mol. The zero-order valence-electron chi connectivity index (χ0n) is 19.0. The van der Waals surface area contributed by atoms with Crippen LogP contribution in [0, 0.1) is 0 Å². The Morgan fingerprint density at radius 1 is 0.784 bits per heavy atom. The van der Waals surface area contributed by atoms with E-state index >= 15 is 0 Å². The number of aromatic nitrogens is 1. The standard InChI is InChI=1S/C27H19Cl3F3N3O/c28-20-9-10-24(34-16-20)26(15-17-5-2-1-3-6-17,18-7-4-8-19(11-18)27(31,32)33)36-25(37)35-23-13-21(29)12-22(30)14-23/h1-14,16H,15H2,(H2,35,36,37). The van der Waals surface area contributed by atoms with Crippen molar-refractivity contribution in [2.45, 2.75) is 18.1 Å². The van der Waals surface area contributed by atoms with Crippen LogP contribution in [0.2, 0.25) is 15.1 Å². The van der Waals surface area contributed by atoms with Gasteiger partial charge in [-0.15, -0.1) is 0 Å². The molecule has 0 saturated carbocycles. The number of halogens is 6. The third-order valence-electron chi connectivity index (χ3n) is 5.61. The summed E-state index contributed by atoms with van der Waals surface area (Å²) in [5.74, 6) is 0. The van der Waals surface area contributed by atoms with Gasteiger partial charge in [0, 0.05) is 28.4 Å². The molecule has 2 amide bonds. The lowest BCUT2D eigenvalue weighted by molar-refractivity contribution is -0.137. The number of hydrogen-bond acceptors (Lipinski definition) is 2. The number of urea groups is 1. The maximum Gasteiger partial charge on any atom is 0.416 e. The largest absolute Gasteiger partial charge is 0.416 e. The fraction of sp³-hybridized carbons (Fsp3) is 0.111. The summed E-state index contributed by atoms with van der Waals surface area (Å²) in [4.78, 5) is 17.8. The number of alkyl halides is 3. The number of carbonyl (C=O) groups excluding carboxylic acids is 1. The molecule has 3 aromatic carbocycles. The Balaban J connectivity index is 1.87. The molecule has 1 aromatic heterocycles. The van der Waals surface area contributed by atoms with Crippen molar-refractivity contribution in [3.63, 3.8) is 0 Å². The minimum atomic E-state index is -4.60. The average Bonchev–Trinajstić information content (AvgIpc) is 2.83. The first kappa shape index (κ1) is 26.8. The summed E-state index contributed by atoms with van der Waals surface area (Å²) in [6.07, 6.45) is -3.13. The smallest absolute Gasteiger partial charge is 0.322 e. The molecule has 0 aliphatic rings. The Morgan fingerprint density at radius 3 is 2.08 bits per heavy atom. The van der Waals surface area contributed by atoms with E-state index in [1.807, 2.05) is 18.2 Å². The van der Waals surface area contributed by atoms with Crippen LogP contribution in [0.1, 0.15) is 22.4 Å². The van der Waals surface area contributed by atoms with Crippen molar-refractivity contribution in [3.8, 4) is 0 Å². The van der Waals surface area contributed by atoms with Gasteiger partial charge in [-0.1, -0.05) is 77.3 Å². The van der Waals surface area contributed by atoms with Crippen molar-refractivity contribution in [1.82, 2.24) is 10.3 Å². The highest BCUT2D eigenvalue weighted by Gasteiger charge is 2.40. The van der Waals surface area contributed by atoms with Crippen molar-refractivity contribution in [2.75, 3.05) is 5.32 Å². The molecule has 0 fully saturated rings.